The molecule has 0 unspecified atom stereocenters. The summed E-state index contributed by atoms with van der Waals surface area (Å²) in [5.41, 5.74) is 6.46. The zero-order chi connectivity index (χ0) is 13.7. The van der Waals surface area contributed by atoms with Crippen LogP contribution in [-0.2, 0) is 11.3 Å². The number of thiocarbonyl (C=S) groups is 1. The summed E-state index contributed by atoms with van der Waals surface area (Å²) in [6.45, 7) is 2.32. The topological polar surface area (TPSA) is 77.1 Å². The van der Waals surface area contributed by atoms with E-state index >= 15 is 0 Å². The first-order valence-electron chi connectivity index (χ1n) is 5.68. The largest absolute Gasteiger partial charge is 0.389 e. The van der Waals surface area contributed by atoms with E-state index < -0.39 is 0 Å². The number of carbonyl (C=O) groups excluding carboxylic acids is 1. The predicted molar refractivity (Wildman–Crippen MR) is 74.6 cm³/mol. The van der Waals surface area contributed by atoms with Gasteiger partial charge >= 0.3 is 0 Å². The van der Waals surface area contributed by atoms with Gasteiger partial charge in [-0.25, -0.2) is 0 Å². The molecule has 0 fully saturated rings. The molecule has 5 nitrogen and oxygen atoms in total. The van der Waals surface area contributed by atoms with E-state index in [9.17, 15) is 9.59 Å². The first-order chi connectivity index (χ1) is 8.47. The first kappa shape index (κ1) is 14.4. The molecule has 0 atom stereocenters. The fourth-order valence-corrected chi connectivity index (χ4v) is 1.81. The summed E-state index contributed by atoms with van der Waals surface area (Å²) < 4.78 is 1.59. The van der Waals surface area contributed by atoms with Crippen LogP contribution in [0.3, 0.4) is 0 Å². The van der Waals surface area contributed by atoms with E-state index in [0.717, 1.165) is 5.69 Å². The van der Waals surface area contributed by atoms with Gasteiger partial charge in [0.15, 0.2) is 0 Å². The third-order valence-electron chi connectivity index (χ3n) is 2.72. The van der Waals surface area contributed by atoms with Crippen LogP contribution < -0.4 is 16.6 Å². The lowest BCUT2D eigenvalue weighted by Gasteiger charge is -2.11. The zero-order valence-electron chi connectivity index (χ0n) is 10.5. The molecule has 0 radical (unpaired) electrons. The lowest BCUT2D eigenvalue weighted by Crippen LogP contribution is -2.30. The minimum atomic E-state index is -0.195. The first-order valence-corrected chi connectivity index (χ1v) is 6.09. The van der Waals surface area contributed by atoms with E-state index in [1.807, 2.05) is 6.92 Å². The lowest BCUT2D eigenvalue weighted by molar-refractivity contribution is -0.120. The van der Waals surface area contributed by atoms with Gasteiger partial charge in [-0.15, -0.1) is 0 Å². The standard InChI is InChI=1S/C12H17N3O2S/c1-8-5-6-9(11(13)18)12(17)15(8)7-3-4-10(16)14-2/h5-6H,3-4,7H2,1-2H3,(H2,13,18)(H,14,16). The van der Waals surface area contributed by atoms with Crippen LogP contribution in [0, 0.1) is 6.92 Å². The number of aryl methyl sites for hydroxylation is 1. The summed E-state index contributed by atoms with van der Waals surface area (Å²) in [5.74, 6) is -0.0359. The van der Waals surface area contributed by atoms with Crippen LogP contribution in [0.5, 0.6) is 0 Å². The molecule has 6 heteroatoms. The van der Waals surface area contributed by atoms with E-state index in [-0.39, 0.29) is 16.5 Å². The maximum Gasteiger partial charge on any atom is 0.260 e. The number of pyridine rings is 1. The molecule has 3 N–H and O–H groups in total. The van der Waals surface area contributed by atoms with Crippen molar-refractivity contribution in [3.8, 4) is 0 Å². The SMILES string of the molecule is CNC(=O)CCCn1c(C)ccc(C(N)=S)c1=O. The molecule has 0 aromatic carbocycles. The van der Waals surface area contributed by atoms with Gasteiger partial charge in [-0.05, 0) is 25.5 Å². The summed E-state index contributed by atoms with van der Waals surface area (Å²) in [6, 6.07) is 3.44. The number of nitrogens with one attached hydrogen (secondary N) is 1. The van der Waals surface area contributed by atoms with Crippen molar-refractivity contribution in [1.29, 1.82) is 0 Å². The molecule has 1 heterocycles. The highest BCUT2D eigenvalue weighted by Crippen LogP contribution is 2.01. The van der Waals surface area contributed by atoms with Crippen LogP contribution in [-0.4, -0.2) is 22.5 Å². The van der Waals surface area contributed by atoms with Gasteiger partial charge in [0.25, 0.3) is 5.56 Å². The van der Waals surface area contributed by atoms with Gasteiger partial charge in [-0.1, -0.05) is 12.2 Å². The molecule has 18 heavy (non-hydrogen) atoms. The van der Waals surface area contributed by atoms with Crippen LogP contribution in [0.1, 0.15) is 24.1 Å². The maximum atomic E-state index is 12.1. The number of amides is 1. The van der Waals surface area contributed by atoms with Crippen molar-refractivity contribution in [2.45, 2.75) is 26.3 Å². The summed E-state index contributed by atoms with van der Waals surface area (Å²) in [5, 5.41) is 2.54. The molecular weight excluding hydrogens is 250 g/mol. The molecule has 0 aliphatic carbocycles. The summed E-state index contributed by atoms with van der Waals surface area (Å²) in [7, 11) is 1.59. The fourth-order valence-electron chi connectivity index (χ4n) is 1.66. The number of hydrogen-bond donors (Lipinski definition) is 2. The third-order valence-corrected chi connectivity index (χ3v) is 2.94. The normalized spacial score (nSPS) is 10.1. The van der Waals surface area contributed by atoms with E-state index in [1.54, 1.807) is 23.7 Å². The molecule has 0 bridgehead atoms. The molecule has 0 saturated heterocycles. The van der Waals surface area contributed by atoms with Gasteiger partial charge in [-0.3, -0.25) is 9.59 Å². The Bertz CT molecular complexity index is 523. The number of hydrogen-bond acceptors (Lipinski definition) is 3. The number of nitrogens with two attached hydrogens (primary N) is 1. The molecule has 0 aliphatic rings. The summed E-state index contributed by atoms with van der Waals surface area (Å²) in [4.78, 5) is 23.3. The molecule has 1 aromatic rings. The Labute approximate surface area is 111 Å². The monoisotopic (exact) mass is 267 g/mol. The molecule has 1 aromatic heterocycles. The van der Waals surface area contributed by atoms with E-state index in [0.29, 0.717) is 24.9 Å². The molecule has 98 valence electrons. The molecule has 0 spiro atoms. The van der Waals surface area contributed by atoms with Crippen LogP contribution in [0.4, 0.5) is 0 Å². The van der Waals surface area contributed by atoms with Crippen molar-refractivity contribution in [1.82, 2.24) is 9.88 Å². The van der Waals surface area contributed by atoms with Crippen molar-refractivity contribution in [3.63, 3.8) is 0 Å². The van der Waals surface area contributed by atoms with Gasteiger partial charge in [0.1, 0.15) is 4.99 Å². The maximum absolute atomic E-state index is 12.1. The van der Waals surface area contributed by atoms with Gasteiger partial charge in [0.05, 0.1) is 5.56 Å². The second-order valence-electron chi connectivity index (χ2n) is 3.99. The smallest absolute Gasteiger partial charge is 0.260 e. The molecule has 0 saturated carbocycles. The average Bonchev–Trinajstić information content (AvgIpc) is 2.32. The van der Waals surface area contributed by atoms with Crippen molar-refractivity contribution >= 4 is 23.1 Å². The highest BCUT2D eigenvalue weighted by Gasteiger charge is 2.08. The summed E-state index contributed by atoms with van der Waals surface area (Å²) >= 11 is 4.83. The Balaban J connectivity index is 2.88. The van der Waals surface area contributed by atoms with E-state index in [2.05, 4.69) is 5.32 Å². The Hall–Kier alpha value is -1.69. The van der Waals surface area contributed by atoms with Gasteiger partial charge in [0, 0.05) is 25.7 Å². The predicted octanol–water partition coefficient (Wildman–Crippen LogP) is 0.317. The minimum Gasteiger partial charge on any atom is -0.389 e. The molecule has 1 amide bonds. The highest BCUT2D eigenvalue weighted by molar-refractivity contribution is 7.80. The van der Waals surface area contributed by atoms with Crippen molar-refractivity contribution < 1.29 is 4.79 Å². The number of aromatic nitrogens is 1. The zero-order valence-corrected chi connectivity index (χ0v) is 11.3. The molecular formula is C12H17N3O2S. The lowest BCUT2D eigenvalue weighted by atomic mass is 10.2. The highest BCUT2D eigenvalue weighted by atomic mass is 32.1. The Kier molecular flexibility index (Phi) is 5.03. The van der Waals surface area contributed by atoms with Crippen LogP contribution in [0.25, 0.3) is 0 Å². The Morgan fingerprint density at radius 2 is 2.17 bits per heavy atom. The Morgan fingerprint density at radius 3 is 2.72 bits per heavy atom. The Morgan fingerprint density at radius 1 is 1.50 bits per heavy atom. The average molecular weight is 267 g/mol. The van der Waals surface area contributed by atoms with E-state index in [1.165, 1.54) is 0 Å². The van der Waals surface area contributed by atoms with Crippen molar-refractivity contribution in [2.75, 3.05) is 7.05 Å². The summed E-state index contributed by atoms with van der Waals surface area (Å²) in [6.07, 6.45) is 0.987. The number of rotatable bonds is 5. The van der Waals surface area contributed by atoms with Gasteiger partial charge in [-0.2, -0.15) is 0 Å². The van der Waals surface area contributed by atoms with Gasteiger partial charge < -0.3 is 15.6 Å². The van der Waals surface area contributed by atoms with Crippen LogP contribution >= 0.6 is 12.2 Å². The second-order valence-corrected chi connectivity index (χ2v) is 4.43. The molecule has 0 aliphatic heterocycles. The van der Waals surface area contributed by atoms with Crippen LogP contribution in [0.15, 0.2) is 16.9 Å². The fraction of sp³-hybridized carbons (Fsp3) is 0.417. The minimum absolute atomic E-state index is 0.0359. The number of nitrogens with zero attached hydrogens (tertiary/aromatic N) is 1. The van der Waals surface area contributed by atoms with Crippen molar-refractivity contribution in [2.24, 2.45) is 5.73 Å². The van der Waals surface area contributed by atoms with Crippen molar-refractivity contribution in [3.05, 3.63) is 33.7 Å². The molecule has 1 rings (SSSR count). The van der Waals surface area contributed by atoms with Crippen LogP contribution in [0.2, 0.25) is 0 Å². The second kappa shape index (κ2) is 6.30. The van der Waals surface area contributed by atoms with E-state index in [4.69, 9.17) is 18.0 Å². The third kappa shape index (κ3) is 3.40. The number of carbonyl (C=O) groups is 1. The van der Waals surface area contributed by atoms with Gasteiger partial charge in [0.2, 0.25) is 5.91 Å². The quantitative estimate of drug-likeness (QED) is 0.753.